The second-order valence-corrected chi connectivity index (χ2v) is 8.04. The minimum Gasteiger partial charge on any atom is -0.457 e. The van der Waals surface area contributed by atoms with Crippen LogP contribution < -0.4 is 0 Å². The minimum atomic E-state index is -0.328. The third kappa shape index (κ3) is 5.63. The smallest absolute Gasteiger partial charge is 0.333 e. The lowest BCUT2D eigenvalue weighted by Crippen LogP contribution is -2.03. The number of hydrogen-bond donors (Lipinski definition) is 0. The number of unbranched alkanes of at least 4 members (excludes halogenated alkanes) is 3. The van der Waals surface area contributed by atoms with Crippen LogP contribution in [0.4, 0.5) is 0 Å². The van der Waals surface area contributed by atoms with Crippen molar-refractivity contribution in [3.8, 4) is 9.75 Å². The number of aryl methyl sites for hydroxylation is 1. The lowest BCUT2D eigenvalue weighted by Gasteiger charge is -2.01. The van der Waals surface area contributed by atoms with E-state index >= 15 is 0 Å². The van der Waals surface area contributed by atoms with Gasteiger partial charge in [-0.3, -0.25) is 0 Å². The number of carbonyl (C=O) groups is 1. The van der Waals surface area contributed by atoms with Gasteiger partial charge >= 0.3 is 5.97 Å². The highest BCUT2D eigenvalue weighted by Crippen LogP contribution is 2.34. The summed E-state index contributed by atoms with van der Waals surface area (Å²) in [6.07, 6.45) is 6.39. The Morgan fingerprint density at radius 1 is 1.04 bits per heavy atom. The van der Waals surface area contributed by atoms with Gasteiger partial charge in [0.15, 0.2) is 0 Å². The second kappa shape index (κ2) is 9.04. The molecule has 2 aromatic rings. The normalized spacial score (nSPS) is 10.7. The van der Waals surface area contributed by atoms with Crippen molar-refractivity contribution in [3.63, 3.8) is 0 Å². The van der Waals surface area contributed by atoms with E-state index in [9.17, 15) is 4.79 Å². The zero-order chi connectivity index (χ0) is 16.7. The maximum Gasteiger partial charge on any atom is 0.333 e. The molecular weight excluding hydrogens is 324 g/mol. The molecule has 0 saturated heterocycles. The van der Waals surface area contributed by atoms with Gasteiger partial charge in [-0.05, 0) is 44.0 Å². The van der Waals surface area contributed by atoms with Crippen LogP contribution in [0.3, 0.4) is 0 Å². The van der Waals surface area contributed by atoms with Gasteiger partial charge in [0.05, 0.1) is 0 Å². The van der Waals surface area contributed by atoms with Crippen LogP contribution in [-0.2, 0) is 22.6 Å². The summed E-state index contributed by atoms with van der Waals surface area (Å²) in [6, 6.07) is 8.59. The summed E-state index contributed by atoms with van der Waals surface area (Å²) in [5.41, 5.74) is 0.438. The maximum absolute atomic E-state index is 11.4. The van der Waals surface area contributed by atoms with Gasteiger partial charge in [-0.25, -0.2) is 4.79 Å². The van der Waals surface area contributed by atoms with Crippen molar-refractivity contribution < 1.29 is 9.53 Å². The fourth-order valence-electron chi connectivity index (χ4n) is 2.22. The molecular formula is C19H24O2S2. The highest BCUT2D eigenvalue weighted by Gasteiger charge is 2.09. The Morgan fingerprint density at radius 3 is 2.35 bits per heavy atom. The van der Waals surface area contributed by atoms with Crippen LogP contribution in [0.15, 0.2) is 36.4 Å². The van der Waals surface area contributed by atoms with Crippen molar-refractivity contribution in [1.82, 2.24) is 0 Å². The zero-order valence-corrected chi connectivity index (χ0v) is 15.5. The molecule has 0 amide bonds. The summed E-state index contributed by atoms with van der Waals surface area (Å²) in [6.45, 7) is 7.82. The third-order valence-electron chi connectivity index (χ3n) is 3.54. The van der Waals surface area contributed by atoms with Crippen molar-refractivity contribution in [3.05, 3.63) is 46.2 Å². The van der Waals surface area contributed by atoms with Crippen molar-refractivity contribution in [1.29, 1.82) is 0 Å². The third-order valence-corrected chi connectivity index (χ3v) is 5.94. The van der Waals surface area contributed by atoms with Gasteiger partial charge in [-0.15, -0.1) is 22.7 Å². The predicted octanol–water partition coefficient (Wildman–Crippen LogP) is 6.22. The molecule has 124 valence electrons. The molecule has 0 aliphatic rings. The van der Waals surface area contributed by atoms with Gasteiger partial charge in [0, 0.05) is 25.1 Å². The number of thiophene rings is 2. The highest BCUT2D eigenvalue weighted by atomic mass is 32.1. The lowest BCUT2D eigenvalue weighted by molar-refractivity contribution is -0.140. The summed E-state index contributed by atoms with van der Waals surface area (Å²) in [5.74, 6) is -0.328. The average molecular weight is 349 g/mol. The van der Waals surface area contributed by atoms with E-state index in [1.165, 1.54) is 46.7 Å². The molecule has 0 N–H and O–H groups in total. The molecule has 0 saturated carbocycles. The molecule has 2 nitrogen and oxygen atoms in total. The van der Waals surface area contributed by atoms with E-state index in [1.807, 2.05) is 17.4 Å². The van der Waals surface area contributed by atoms with Crippen LogP contribution >= 0.6 is 22.7 Å². The topological polar surface area (TPSA) is 26.3 Å². The standard InChI is InChI=1S/C19H24O2S2/c1-4-5-6-7-8-15-9-11-17(22-15)18-12-10-16(23-18)13-21-19(20)14(2)3/h9-12H,2,4-8,13H2,1,3H3. The molecule has 0 atom stereocenters. The summed E-state index contributed by atoms with van der Waals surface area (Å²) >= 11 is 3.56. The van der Waals surface area contributed by atoms with Gasteiger partial charge in [-0.1, -0.05) is 32.8 Å². The van der Waals surface area contributed by atoms with E-state index in [0.29, 0.717) is 12.2 Å². The molecule has 4 heteroatoms. The average Bonchev–Trinajstić information content (AvgIpc) is 3.18. The van der Waals surface area contributed by atoms with Gasteiger partial charge in [0.2, 0.25) is 0 Å². The molecule has 2 rings (SSSR count). The van der Waals surface area contributed by atoms with Crippen LogP contribution in [0, 0.1) is 0 Å². The molecule has 0 aliphatic carbocycles. The van der Waals surface area contributed by atoms with Gasteiger partial charge in [0.25, 0.3) is 0 Å². The predicted molar refractivity (Wildman–Crippen MR) is 100 cm³/mol. The molecule has 0 bridgehead atoms. The van der Waals surface area contributed by atoms with E-state index < -0.39 is 0 Å². The molecule has 0 aliphatic heterocycles. The zero-order valence-electron chi connectivity index (χ0n) is 13.9. The van der Waals surface area contributed by atoms with Crippen LogP contribution in [0.5, 0.6) is 0 Å². The molecule has 0 fully saturated rings. The van der Waals surface area contributed by atoms with E-state index in [2.05, 4.69) is 31.7 Å². The van der Waals surface area contributed by atoms with Gasteiger partial charge in [-0.2, -0.15) is 0 Å². The Kier molecular flexibility index (Phi) is 7.06. The van der Waals surface area contributed by atoms with Crippen LogP contribution in [-0.4, -0.2) is 5.97 Å². The number of hydrogen-bond acceptors (Lipinski definition) is 4. The Bertz CT molecular complexity index is 652. The van der Waals surface area contributed by atoms with Crippen molar-refractivity contribution in [2.75, 3.05) is 0 Å². The molecule has 2 heterocycles. The number of rotatable bonds is 9. The van der Waals surface area contributed by atoms with E-state index in [1.54, 1.807) is 18.3 Å². The SMILES string of the molecule is C=C(C)C(=O)OCc1ccc(-c2ccc(CCCCCC)s2)s1. The maximum atomic E-state index is 11.4. The quantitative estimate of drug-likeness (QED) is 0.305. The molecule has 2 aromatic heterocycles. The fraction of sp³-hybridized carbons (Fsp3) is 0.421. The fourth-order valence-corrected chi connectivity index (χ4v) is 4.28. The Morgan fingerprint density at radius 2 is 1.70 bits per heavy atom. The first-order chi connectivity index (χ1) is 11.1. The van der Waals surface area contributed by atoms with Crippen molar-refractivity contribution in [2.45, 2.75) is 52.6 Å². The van der Waals surface area contributed by atoms with Crippen LogP contribution in [0.25, 0.3) is 9.75 Å². The van der Waals surface area contributed by atoms with Crippen molar-refractivity contribution >= 4 is 28.6 Å². The first-order valence-corrected chi connectivity index (χ1v) is 9.74. The van der Waals surface area contributed by atoms with E-state index in [0.717, 1.165) is 4.88 Å². The Balaban J connectivity index is 1.89. The Hall–Kier alpha value is -1.39. The van der Waals surface area contributed by atoms with Crippen molar-refractivity contribution in [2.24, 2.45) is 0 Å². The summed E-state index contributed by atoms with van der Waals surface area (Å²) in [7, 11) is 0. The van der Waals surface area contributed by atoms with E-state index in [-0.39, 0.29) is 5.97 Å². The molecule has 0 aromatic carbocycles. The molecule has 0 radical (unpaired) electrons. The number of ether oxygens (including phenoxy) is 1. The highest BCUT2D eigenvalue weighted by molar-refractivity contribution is 7.22. The number of carbonyl (C=O) groups excluding carboxylic acids is 1. The van der Waals surface area contributed by atoms with Gasteiger partial charge < -0.3 is 4.74 Å². The molecule has 23 heavy (non-hydrogen) atoms. The summed E-state index contributed by atoms with van der Waals surface area (Å²) < 4.78 is 5.20. The minimum absolute atomic E-state index is 0.325. The van der Waals surface area contributed by atoms with Gasteiger partial charge in [0.1, 0.15) is 6.61 Å². The summed E-state index contributed by atoms with van der Waals surface area (Å²) in [4.78, 5) is 16.5. The van der Waals surface area contributed by atoms with Crippen LogP contribution in [0.2, 0.25) is 0 Å². The lowest BCUT2D eigenvalue weighted by atomic mass is 10.1. The number of esters is 1. The first kappa shape index (κ1) is 18.0. The first-order valence-electron chi connectivity index (χ1n) is 8.10. The molecule has 0 spiro atoms. The molecule has 0 unspecified atom stereocenters. The summed E-state index contributed by atoms with van der Waals surface area (Å²) in [5, 5.41) is 0. The monoisotopic (exact) mass is 348 g/mol. The van der Waals surface area contributed by atoms with Crippen LogP contribution in [0.1, 0.15) is 49.3 Å². The second-order valence-electron chi connectivity index (χ2n) is 5.70. The largest absolute Gasteiger partial charge is 0.457 e. The Labute approximate surface area is 146 Å². The van der Waals surface area contributed by atoms with E-state index in [4.69, 9.17) is 4.74 Å².